The molecule has 1 fully saturated rings. The number of nitrogens with zero attached hydrogens (tertiary/aromatic N) is 2. The molecule has 128 valence electrons. The van der Waals surface area contributed by atoms with Crippen molar-refractivity contribution in [1.82, 2.24) is 9.78 Å². The Kier molecular flexibility index (Phi) is 3.83. The van der Waals surface area contributed by atoms with Crippen LogP contribution in [0.25, 0.3) is 5.69 Å². The SMILES string of the molecule is Nc1c(C(=O)CC[C@@]2(C(F)(F)F)CO2)cnn1-c1ccc(F)cc1. The molecule has 9 heteroatoms. The molecule has 1 saturated heterocycles. The highest BCUT2D eigenvalue weighted by atomic mass is 19.4. The third-order valence-corrected chi connectivity index (χ3v) is 3.94. The lowest BCUT2D eigenvalue weighted by Gasteiger charge is -2.14. The molecule has 0 saturated carbocycles. The number of ketones is 1. The van der Waals surface area contributed by atoms with E-state index >= 15 is 0 Å². The van der Waals surface area contributed by atoms with E-state index in [9.17, 15) is 22.4 Å². The number of aromatic nitrogens is 2. The largest absolute Gasteiger partial charge is 0.419 e. The van der Waals surface area contributed by atoms with Gasteiger partial charge in [-0.25, -0.2) is 9.07 Å². The number of carbonyl (C=O) groups excluding carboxylic acids is 1. The van der Waals surface area contributed by atoms with Crippen molar-refractivity contribution in [2.75, 3.05) is 12.3 Å². The lowest BCUT2D eigenvalue weighted by molar-refractivity contribution is -0.185. The maximum absolute atomic E-state index is 12.9. The molecule has 24 heavy (non-hydrogen) atoms. The minimum absolute atomic E-state index is 0.00983. The lowest BCUT2D eigenvalue weighted by Crippen LogP contribution is -2.33. The van der Waals surface area contributed by atoms with Crippen LogP contribution in [0.3, 0.4) is 0 Å². The molecule has 0 spiro atoms. The molecule has 3 rings (SSSR count). The average Bonchev–Trinajstić information content (AvgIpc) is 3.23. The van der Waals surface area contributed by atoms with Crippen molar-refractivity contribution in [2.45, 2.75) is 24.6 Å². The van der Waals surface area contributed by atoms with E-state index < -0.39 is 36.4 Å². The summed E-state index contributed by atoms with van der Waals surface area (Å²) in [6, 6.07) is 5.25. The van der Waals surface area contributed by atoms with E-state index in [2.05, 4.69) is 9.84 Å². The zero-order chi connectivity index (χ0) is 17.5. The number of nitrogens with two attached hydrogens (primary N) is 1. The van der Waals surface area contributed by atoms with Crippen LogP contribution in [-0.2, 0) is 4.74 Å². The summed E-state index contributed by atoms with van der Waals surface area (Å²) in [4.78, 5) is 12.1. The van der Waals surface area contributed by atoms with Crippen LogP contribution in [0.15, 0.2) is 30.5 Å². The molecule has 5 nitrogen and oxygen atoms in total. The quantitative estimate of drug-likeness (QED) is 0.515. The first-order valence-electron chi connectivity index (χ1n) is 7.07. The van der Waals surface area contributed by atoms with E-state index in [1.807, 2.05) is 0 Å². The number of epoxide rings is 1. The highest BCUT2D eigenvalue weighted by Crippen LogP contribution is 2.47. The molecule has 0 bridgehead atoms. The summed E-state index contributed by atoms with van der Waals surface area (Å²) in [5, 5.41) is 3.94. The van der Waals surface area contributed by atoms with Gasteiger partial charge in [-0.2, -0.15) is 18.3 Å². The predicted molar refractivity (Wildman–Crippen MR) is 76.2 cm³/mol. The molecule has 1 aliphatic rings. The number of carbonyl (C=O) groups is 1. The first-order chi connectivity index (χ1) is 11.2. The van der Waals surface area contributed by atoms with Gasteiger partial charge in [-0.3, -0.25) is 4.79 Å². The maximum atomic E-state index is 12.9. The van der Waals surface area contributed by atoms with Crippen LogP contribution in [0.5, 0.6) is 0 Å². The Morgan fingerprint density at radius 3 is 2.50 bits per heavy atom. The summed E-state index contributed by atoms with van der Waals surface area (Å²) in [6.07, 6.45) is -4.14. The molecule has 1 aliphatic heterocycles. The molecule has 1 aromatic heterocycles. The molecular formula is C15H13F4N3O2. The summed E-state index contributed by atoms with van der Waals surface area (Å²) < 4.78 is 57.0. The van der Waals surface area contributed by atoms with Crippen molar-refractivity contribution in [2.24, 2.45) is 0 Å². The van der Waals surface area contributed by atoms with E-state index in [0.717, 1.165) is 0 Å². The number of hydrogen-bond donors (Lipinski definition) is 1. The minimum Gasteiger partial charge on any atom is -0.383 e. The smallest absolute Gasteiger partial charge is 0.383 e. The molecule has 2 N–H and O–H groups in total. The van der Waals surface area contributed by atoms with Gasteiger partial charge >= 0.3 is 6.18 Å². The molecule has 1 atom stereocenters. The molecule has 2 heterocycles. The normalized spacial score (nSPS) is 20.2. The van der Waals surface area contributed by atoms with Crippen molar-refractivity contribution in [3.63, 3.8) is 0 Å². The van der Waals surface area contributed by atoms with Gasteiger partial charge in [-0.1, -0.05) is 0 Å². The van der Waals surface area contributed by atoms with E-state index in [1.165, 1.54) is 35.1 Å². The fourth-order valence-electron chi connectivity index (χ4n) is 2.35. The molecule has 1 aromatic carbocycles. The van der Waals surface area contributed by atoms with Crippen LogP contribution in [0, 0.1) is 5.82 Å². The highest BCUT2D eigenvalue weighted by molar-refractivity contribution is 6.00. The zero-order valence-corrected chi connectivity index (χ0v) is 12.3. The van der Waals surface area contributed by atoms with Gasteiger partial charge in [0, 0.05) is 6.42 Å². The predicted octanol–water partition coefficient (Wildman–Crippen LogP) is 2.89. The van der Waals surface area contributed by atoms with Gasteiger partial charge < -0.3 is 10.5 Å². The number of Topliss-reactive ketones (excluding diaryl/α,β-unsaturated/α-hetero) is 1. The van der Waals surface area contributed by atoms with E-state index in [1.54, 1.807) is 0 Å². The first-order valence-corrected chi connectivity index (χ1v) is 7.07. The first kappa shape index (κ1) is 16.4. The summed E-state index contributed by atoms with van der Waals surface area (Å²) in [6.45, 7) is -0.436. The lowest BCUT2D eigenvalue weighted by atomic mass is 9.99. The van der Waals surface area contributed by atoms with Gasteiger partial charge in [0.25, 0.3) is 0 Å². The monoisotopic (exact) mass is 343 g/mol. The van der Waals surface area contributed by atoms with Crippen LogP contribution < -0.4 is 5.73 Å². The van der Waals surface area contributed by atoms with Gasteiger partial charge in [-0.05, 0) is 30.7 Å². The Balaban J connectivity index is 1.74. The molecule has 2 aromatic rings. The molecule has 0 aliphatic carbocycles. The van der Waals surface area contributed by atoms with Gasteiger partial charge in [0.05, 0.1) is 24.1 Å². The second-order valence-electron chi connectivity index (χ2n) is 5.54. The second kappa shape index (κ2) is 5.59. The number of nitrogen functional groups attached to an aromatic ring is 1. The topological polar surface area (TPSA) is 73.4 Å². The summed E-state index contributed by atoms with van der Waals surface area (Å²) in [5.41, 5.74) is 4.09. The van der Waals surface area contributed by atoms with E-state index in [0.29, 0.717) is 5.69 Å². The van der Waals surface area contributed by atoms with Crippen molar-refractivity contribution in [3.05, 3.63) is 41.8 Å². The number of halogens is 4. The third-order valence-electron chi connectivity index (χ3n) is 3.94. The summed E-state index contributed by atoms with van der Waals surface area (Å²) >= 11 is 0. The number of alkyl halides is 3. The van der Waals surface area contributed by atoms with Crippen LogP contribution >= 0.6 is 0 Å². The van der Waals surface area contributed by atoms with E-state index in [-0.39, 0.29) is 17.8 Å². The van der Waals surface area contributed by atoms with Gasteiger partial charge in [0.1, 0.15) is 11.6 Å². The number of benzene rings is 1. The Morgan fingerprint density at radius 1 is 1.33 bits per heavy atom. The number of ether oxygens (including phenoxy) is 1. The van der Waals surface area contributed by atoms with Crippen LogP contribution in [0.2, 0.25) is 0 Å². The van der Waals surface area contributed by atoms with E-state index in [4.69, 9.17) is 5.73 Å². The Labute approximate surface area is 134 Å². The Morgan fingerprint density at radius 2 is 1.96 bits per heavy atom. The van der Waals surface area contributed by atoms with Crippen LogP contribution in [-0.4, -0.2) is 33.9 Å². The zero-order valence-electron chi connectivity index (χ0n) is 12.3. The summed E-state index contributed by atoms with van der Waals surface area (Å²) in [5.74, 6) is -1.01. The Bertz CT molecular complexity index is 764. The van der Waals surface area contributed by atoms with Gasteiger partial charge in [0.15, 0.2) is 11.4 Å². The second-order valence-corrected chi connectivity index (χ2v) is 5.54. The highest BCUT2D eigenvalue weighted by Gasteiger charge is 2.65. The molecular weight excluding hydrogens is 330 g/mol. The summed E-state index contributed by atoms with van der Waals surface area (Å²) in [7, 11) is 0. The molecule has 0 radical (unpaired) electrons. The van der Waals surface area contributed by atoms with Crippen LogP contribution in [0.1, 0.15) is 23.2 Å². The maximum Gasteiger partial charge on any atom is 0.419 e. The Hall–Kier alpha value is -2.42. The standard InChI is InChI=1S/C15H13F4N3O2/c16-9-1-3-10(4-2-9)22-13(20)11(7-21-22)12(23)5-6-14(8-24-14)15(17,18)19/h1-4,7H,5-6,8,20H2/t14-/m0/s1. The van der Waals surface area contributed by atoms with Crippen molar-refractivity contribution in [3.8, 4) is 5.69 Å². The molecule has 0 amide bonds. The van der Waals surface area contributed by atoms with Crippen molar-refractivity contribution >= 4 is 11.6 Å². The number of hydrogen-bond acceptors (Lipinski definition) is 4. The fraction of sp³-hybridized carbons (Fsp3) is 0.333. The van der Waals surface area contributed by atoms with Gasteiger partial charge in [0.2, 0.25) is 0 Å². The average molecular weight is 343 g/mol. The number of anilines is 1. The third kappa shape index (κ3) is 2.86. The fourth-order valence-corrected chi connectivity index (χ4v) is 2.35. The molecule has 0 unspecified atom stereocenters. The van der Waals surface area contributed by atoms with Crippen LogP contribution in [0.4, 0.5) is 23.4 Å². The van der Waals surface area contributed by atoms with Crippen molar-refractivity contribution < 1.29 is 27.1 Å². The van der Waals surface area contributed by atoms with Gasteiger partial charge in [-0.15, -0.1) is 0 Å². The minimum atomic E-state index is -4.50. The van der Waals surface area contributed by atoms with Crippen molar-refractivity contribution in [1.29, 1.82) is 0 Å². The number of rotatable bonds is 5.